The molecule has 0 bridgehead atoms. The second kappa shape index (κ2) is 12.5. The van der Waals surface area contributed by atoms with Crippen LogP contribution in [0.1, 0.15) is 92.9 Å². The number of hydrogen-bond acceptors (Lipinski definition) is 7. The molecule has 0 atom stereocenters. The summed E-state index contributed by atoms with van der Waals surface area (Å²) in [5.41, 5.74) is 1.22. The van der Waals surface area contributed by atoms with Gasteiger partial charge in [-0.2, -0.15) is 0 Å². The SMILES string of the molecule is CCOP(=O)(OCC)C(c1cc(C(C)(C)C)c(O)c(C(C)(C)C)c1)=P(OCC)(OCC)OCC. The third-order valence-electron chi connectivity index (χ3n) is 5.00. The van der Waals surface area contributed by atoms with Gasteiger partial charge in [-0.25, -0.2) is 0 Å². The van der Waals surface area contributed by atoms with Crippen LogP contribution in [0.3, 0.4) is 0 Å². The topological polar surface area (TPSA) is 83.5 Å². The van der Waals surface area contributed by atoms with E-state index in [4.69, 9.17) is 22.6 Å². The van der Waals surface area contributed by atoms with Crippen molar-refractivity contribution in [2.45, 2.75) is 87.0 Å². The highest BCUT2D eigenvalue weighted by molar-refractivity contribution is 7.89. The first-order valence-electron chi connectivity index (χ1n) is 12.1. The molecule has 0 aliphatic heterocycles. The quantitative estimate of drug-likeness (QED) is 0.284. The van der Waals surface area contributed by atoms with Crippen molar-refractivity contribution < 1.29 is 32.3 Å². The van der Waals surface area contributed by atoms with Crippen molar-refractivity contribution in [2.75, 3.05) is 33.0 Å². The molecule has 1 N–H and O–H groups in total. The zero-order valence-corrected chi connectivity index (χ0v) is 24.8. The second-order valence-corrected chi connectivity index (χ2v) is 14.4. The summed E-state index contributed by atoms with van der Waals surface area (Å²) >= 11 is 0. The van der Waals surface area contributed by atoms with E-state index in [0.29, 0.717) is 5.56 Å². The van der Waals surface area contributed by atoms with Crippen LogP contribution in [0.2, 0.25) is 0 Å². The van der Waals surface area contributed by atoms with Crippen LogP contribution in [0, 0.1) is 0 Å². The van der Waals surface area contributed by atoms with Crippen LogP contribution in [0.25, 0.3) is 0 Å². The molecule has 1 rings (SSSR count). The Morgan fingerprint density at radius 2 is 1.03 bits per heavy atom. The summed E-state index contributed by atoms with van der Waals surface area (Å²) in [5, 5.41) is 11.5. The lowest BCUT2D eigenvalue weighted by molar-refractivity contribution is 0.170. The molecule has 0 amide bonds. The minimum atomic E-state index is -3.91. The maximum Gasteiger partial charge on any atom is 0.368 e. The Hall–Kier alpha value is -0.650. The van der Waals surface area contributed by atoms with Crippen molar-refractivity contribution in [3.05, 3.63) is 28.8 Å². The normalized spacial score (nSPS) is 13.4. The molecular weight excluding hydrogens is 474 g/mol. The molecule has 0 unspecified atom stereocenters. The summed E-state index contributed by atoms with van der Waals surface area (Å²) in [6.07, 6.45) is 0. The fraction of sp³-hybridized carbons (Fsp3) is 0.720. The molecule has 9 heteroatoms. The third kappa shape index (κ3) is 7.20. The molecule has 0 fully saturated rings. The molecule has 0 radical (unpaired) electrons. The van der Waals surface area contributed by atoms with Gasteiger partial charge in [0.25, 0.3) is 7.57 Å². The van der Waals surface area contributed by atoms with Crippen LogP contribution in [-0.4, -0.2) is 43.2 Å². The smallest absolute Gasteiger partial charge is 0.368 e. The fourth-order valence-corrected chi connectivity index (χ4v) is 9.24. The summed E-state index contributed by atoms with van der Waals surface area (Å²) in [6.45, 7) is 22.4. The first-order chi connectivity index (χ1) is 15.7. The lowest BCUT2D eigenvalue weighted by Crippen LogP contribution is -2.21. The molecule has 7 nitrogen and oxygen atoms in total. The third-order valence-corrected chi connectivity index (χ3v) is 11.0. The van der Waals surface area contributed by atoms with Crippen molar-refractivity contribution in [1.82, 2.24) is 0 Å². The summed E-state index contributed by atoms with van der Waals surface area (Å²) in [7, 11) is -7.26. The Morgan fingerprint density at radius 3 is 1.29 bits per heavy atom. The standard InChI is InChI=1S/C25H46O7P2/c1-12-28-33(27,29-13-2)23(34(30-14-3,31-15-4)32-16-5)19-17-20(24(6,7)8)22(26)21(18-19)25(9,10)11/h17-18,26H,12-16H2,1-11H3. The van der Waals surface area contributed by atoms with E-state index < -0.39 is 26.0 Å². The van der Waals surface area contributed by atoms with Crippen LogP contribution >= 0.6 is 15.2 Å². The van der Waals surface area contributed by atoms with Crippen LogP contribution in [0.15, 0.2) is 12.1 Å². The number of phenolic OH excluding ortho intramolecular Hbond substituents is 1. The first-order valence-corrected chi connectivity index (χ1v) is 15.2. The molecule has 0 heterocycles. The molecule has 0 aliphatic carbocycles. The highest BCUT2D eigenvalue weighted by Crippen LogP contribution is 2.66. The number of hydrogen-bond donors (Lipinski definition) is 1. The highest BCUT2D eigenvalue weighted by Gasteiger charge is 2.44. The van der Waals surface area contributed by atoms with Crippen LogP contribution in [-0.2, 0) is 38.0 Å². The van der Waals surface area contributed by atoms with Gasteiger partial charge in [-0.3, -0.25) is 4.57 Å². The Kier molecular flexibility index (Phi) is 11.6. The Labute approximate surface area is 207 Å². The maximum atomic E-state index is 14.4. The van der Waals surface area contributed by atoms with E-state index in [9.17, 15) is 9.67 Å². The minimum absolute atomic E-state index is 0.168. The van der Waals surface area contributed by atoms with Crippen LogP contribution in [0.5, 0.6) is 5.75 Å². The van der Waals surface area contributed by atoms with Gasteiger partial charge in [0.1, 0.15) is 10.8 Å². The maximum absolute atomic E-state index is 14.4. The number of benzene rings is 1. The van der Waals surface area contributed by atoms with E-state index in [2.05, 4.69) is 0 Å². The minimum Gasteiger partial charge on any atom is -0.507 e. The molecular formula is C25H46O7P2. The molecule has 0 aliphatic rings. The van der Waals surface area contributed by atoms with E-state index >= 15 is 0 Å². The monoisotopic (exact) mass is 520 g/mol. The Morgan fingerprint density at radius 1 is 0.706 bits per heavy atom. The van der Waals surface area contributed by atoms with Gasteiger partial charge in [0.05, 0.1) is 33.0 Å². The summed E-state index contributed by atoms with van der Waals surface area (Å²) in [5.74, 6) is 0.221. The molecule has 1 aromatic carbocycles. The Balaban J connectivity index is 4.43. The van der Waals surface area contributed by atoms with Gasteiger partial charge in [0.2, 0.25) is 0 Å². The molecule has 0 saturated carbocycles. The summed E-state index contributed by atoms with van der Waals surface area (Å²) in [6, 6.07) is 3.69. The van der Waals surface area contributed by atoms with Gasteiger partial charge in [-0.15, -0.1) is 0 Å². The van der Waals surface area contributed by atoms with Gasteiger partial charge in [0, 0.05) is 11.1 Å². The molecule has 0 spiro atoms. The lowest BCUT2D eigenvalue weighted by atomic mass is 9.78. The number of rotatable bonds is 12. The average Bonchev–Trinajstić information content (AvgIpc) is 2.68. The van der Waals surface area contributed by atoms with E-state index in [-0.39, 0.29) is 43.8 Å². The Bertz CT molecular complexity index is 842. The first kappa shape index (κ1) is 31.4. The fourth-order valence-electron chi connectivity index (χ4n) is 3.68. The molecule has 0 aromatic heterocycles. The van der Waals surface area contributed by atoms with Gasteiger partial charge in [-0.05, 0) is 63.1 Å². The molecule has 198 valence electrons. The van der Waals surface area contributed by atoms with Crippen molar-refractivity contribution in [2.24, 2.45) is 0 Å². The summed E-state index contributed by atoms with van der Waals surface area (Å²) < 4.78 is 44.7. The van der Waals surface area contributed by atoms with Crippen molar-refractivity contribution >= 4 is 20.2 Å². The van der Waals surface area contributed by atoms with Gasteiger partial charge < -0.3 is 27.7 Å². The second-order valence-electron chi connectivity index (χ2n) is 9.83. The zero-order chi connectivity index (χ0) is 26.4. The largest absolute Gasteiger partial charge is 0.507 e. The molecule has 34 heavy (non-hydrogen) atoms. The zero-order valence-electron chi connectivity index (χ0n) is 23.0. The lowest BCUT2D eigenvalue weighted by Gasteiger charge is -2.33. The highest BCUT2D eigenvalue weighted by atomic mass is 31.2. The van der Waals surface area contributed by atoms with E-state index in [1.54, 1.807) is 13.8 Å². The van der Waals surface area contributed by atoms with E-state index in [1.807, 2.05) is 74.4 Å². The van der Waals surface area contributed by atoms with Gasteiger partial charge in [-0.1, -0.05) is 41.5 Å². The van der Waals surface area contributed by atoms with Crippen LogP contribution in [0.4, 0.5) is 0 Å². The molecule has 1 aromatic rings. The van der Waals surface area contributed by atoms with Crippen molar-refractivity contribution in [3.63, 3.8) is 0 Å². The van der Waals surface area contributed by atoms with Crippen LogP contribution < -0.4 is 0 Å². The average molecular weight is 521 g/mol. The van der Waals surface area contributed by atoms with Crippen molar-refractivity contribution in [3.8, 4) is 5.75 Å². The number of phenols is 1. The van der Waals surface area contributed by atoms with E-state index in [0.717, 1.165) is 11.1 Å². The molecule has 0 saturated heterocycles. The summed E-state index contributed by atoms with van der Waals surface area (Å²) in [4.78, 5) is 0. The van der Waals surface area contributed by atoms with Gasteiger partial charge >= 0.3 is 7.60 Å². The predicted molar refractivity (Wildman–Crippen MR) is 142 cm³/mol. The predicted octanol–water partition coefficient (Wildman–Crippen LogP) is 7.60. The number of aromatic hydroxyl groups is 1. The van der Waals surface area contributed by atoms with Crippen molar-refractivity contribution in [1.29, 1.82) is 0 Å². The van der Waals surface area contributed by atoms with Gasteiger partial charge in [0.15, 0.2) is 0 Å². The van der Waals surface area contributed by atoms with E-state index in [1.165, 1.54) is 0 Å².